The zero-order chi connectivity index (χ0) is 14.0. The quantitative estimate of drug-likeness (QED) is 0.782. The third kappa shape index (κ3) is 3.78. The van der Waals surface area contributed by atoms with Crippen LogP contribution in [0.2, 0.25) is 10.6 Å². The second-order valence-electron chi connectivity index (χ2n) is 4.09. The molecule has 0 unspecified atom stereocenters. The predicted molar refractivity (Wildman–Crippen MR) is 78.2 cm³/mol. The molecule has 19 heavy (non-hydrogen) atoms. The van der Waals surface area contributed by atoms with E-state index in [1.165, 1.54) is 0 Å². The van der Waals surface area contributed by atoms with Crippen LogP contribution < -0.4 is 4.74 Å². The molecule has 0 amide bonds. The van der Waals surface area contributed by atoms with Gasteiger partial charge in [0.05, 0.1) is 0 Å². The van der Waals surface area contributed by atoms with E-state index in [-0.39, 0.29) is 16.6 Å². The van der Waals surface area contributed by atoms with E-state index >= 15 is 0 Å². The van der Waals surface area contributed by atoms with E-state index in [9.17, 15) is 0 Å². The summed E-state index contributed by atoms with van der Waals surface area (Å²) in [4.78, 5) is 11.4. The Morgan fingerprint density at radius 1 is 1.11 bits per heavy atom. The molecule has 7 heteroatoms. The van der Waals surface area contributed by atoms with Gasteiger partial charge in [-0.05, 0) is 52.9 Å². The van der Waals surface area contributed by atoms with Crippen LogP contribution in [0, 0.1) is 0 Å². The molecule has 0 spiro atoms. The summed E-state index contributed by atoms with van der Waals surface area (Å²) < 4.78 is 6.62. The van der Waals surface area contributed by atoms with Crippen molar-refractivity contribution in [1.29, 1.82) is 0 Å². The molecule has 1 heterocycles. The summed E-state index contributed by atoms with van der Waals surface area (Å²) in [5.74, 6) is 0.955. The molecule has 1 aromatic heterocycles. The number of hydrogen-bond donors (Lipinski definition) is 0. The standard InChI is InChI=1S/C12H10BrCl2N3O/c1-6(2)8-5-7(13)3-4-9(8)19-12-17-10(14)16-11(15)18-12/h3-6H,1-2H3. The van der Waals surface area contributed by atoms with Crippen molar-refractivity contribution < 1.29 is 4.74 Å². The minimum absolute atomic E-state index is 0.00166. The van der Waals surface area contributed by atoms with Crippen LogP contribution in [-0.2, 0) is 0 Å². The summed E-state index contributed by atoms with van der Waals surface area (Å²) in [5.41, 5.74) is 1.03. The number of aromatic nitrogens is 3. The second kappa shape index (κ2) is 6.03. The number of ether oxygens (including phenoxy) is 1. The van der Waals surface area contributed by atoms with Crippen molar-refractivity contribution in [3.05, 3.63) is 38.8 Å². The van der Waals surface area contributed by atoms with E-state index in [0.29, 0.717) is 11.7 Å². The van der Waals surface area contributed by atoms with Gasteiger partial charge in [-0.15, -0.1) is 0 Å². The van der Waals surface area contributed by atoms with E-state index in [1.807, 2.05) is 18.2 Å². The molecule has 0 aliphatic heterocycles. The van der Waals surface area contributed by atoms with Crippen LogP contribution in [0.25, 0.3) is 0 Å². The largest absolute Gasteiger partial charge is 0.424 e. The first kappa shape index (κ1) is 14.5. The van der Waals surface area contributed by atoms with Crippen molar-refractivity contribution in [3.63, 3.8) is 0 Å². The summed E-state index contributed by atoms with van der Waals surface area (Å²) in [6, 6.07) is 5.79. The van der Waals surface area contributed by atoms with Gasteiger partial charge < -0.3 is 4.74 Å². The molecule has 0 fully saturated rings. The van der Waals surface area contributed by atoms with Crippen LogP contribution in [0.5, 0.6) is 11.8 Å². The highest BCUT2D eigenvalue weighted by Crippen LogP contribution is 2.32. The van der Waals surface area contributed by atoms with Crippen molar-refractivity contribution in [1.82, 2.24) is 15.0 Å². The third-order valence-corrected chi connectivity index (χ3v) is 3.19. The fourth-order valence-electron chi connectivity index (χ4n) is 1.52. The summed E-state index contributed by atoms with van der Waals surface area (Å²) in [7, 11) is 0. The van der Waals surface area contributed by atoms with Gasteiger partial charge in [-0.25, -0.2) is 0 Å². The van der Waals surface area contributed by atoms with Crippen LogP contribution in [-0.4, -0.2) is 15.0 Å². The molecule has 100 valence electrons. The molecule has 0 saturated heterocycles. The van der Waals surface area contributed by atoms with Gasteiger partial charge in [0.25, 0.3) is 0 Å². The summed E-state index contributed by atoms with van der Waals surface area (Å²) >= 11 is 14.9. The minimum Gasteiger partial charge on any atom is -0.424 e. The molecular formula is C12H10BrCl2N3O. The zero-order valence-corrected chi connectivity index (χ0v) is 13.3. The van der Waals surface area contributed by atoms with Gasteiger partial charge in [0.2, 0.25) is 10.6 Å². The highest BCUT2D eigenvalue weighted by molar-refractivity contribution is 9.10. The molecular weight excluding hydrogens is 353 g/mol. The van der Waals surface area contributed by atoms with Gasteiger partial charge in [0.1, 0.15) is 5.75 Å². The Kier molecular flexibility index (Phi) is 4.60. The van der Waals surface area contributed by atoms with E-state index in [2.05, 4.69) is 44.7 Å². The molecule has 2 aromatic rings. The second-order valence-corrected chi connectivity index (χ2v) is 5.69. The Labute approximate surface area is 129 Å². The van der Waals surface area contributed by atoms with Crippen LogP contribution >= 0.6 is 39.1 Å². The van der Waals surface area contributed by atoms with Crippen molar-refractivity contribution in [2.45, 2.75) is 19.8 Å². The number of benzene rings is 1. The molecule has 0 radical (unpaired) electrons. The lowest BCUT2D eigenvalue weighted by atomic mass is 10.0. The minimum atomic E-state index is -0.00166. The fourth-order valence-corrected chi connectivity index (χ4v) is 2.24. The Balaban J connectivity index is 2.37. The first-order valence-corrected chi connectivity index (χ1v) is 7.05. The van der Waals surface area contributed by atoms with Gasteiger partial charge in [-0.2, -0.15) is 15.0 Å². The first-order chi connectivity index (χ1) is 8.95. The number of rotatable bonds is 3. The number of nitrogens with zero attached hydrogens (tertiary/aromatic N) is 3. The van der Waals surface area contributed by atoms with Crippen LogP contribution in [0.1, 0.15) is 25.3 Å². The van der Waals surface area contributed by atoms with Crippen molar-refractivity contribution >= 4 is 39.1 Å². The summed E-state index contributed by atoms with van der Waals surface area (Å²) in [5, 5.41) is -0.00332. The molecule has 2 rings (SSSR count). The smallest absolute Gasteiger partial charge is 0.327 e. The van der Waals surface area contributed by atoms with Crippen molar-refractivity contribution in [2.24, 2.45) is 0 Å². The topological polar surface area (TPSA) is 47.9 Å². The van der Waals surface area contributed by atoms with Gasteiger partial charge in [-0.3, -0.25) is 0 Å². The summed E-state index contributed by atoms with van der Waals surface area (Å²) in [6.07, 6.45) is 0. The molecule has 0 aliphatic carbocycles. The Hall–Kier alpha value is -0.910. The average molecular weight is 363 g/mol. The van der Waals surface area contributed by atoms with Crippen LogP contribution in [0.15, 0.2) is 22.7 Å². The fraction of sp³-hybridized carbons (Fsp3) is 0.250. The van der Waals surface area contributed by atoms with E-state index in [1.54, 1.807) is 0 Å². The zero-order valence-electron chi connectivity index (χ0n) is 10.2. The maximum atomic E-state index is 5.71. The van der Waals surface area contributed by atoms with Crippen LogP contribution in [0.3, 0.4) is 0 Å². The third-order valence-electron chi connectivity index (χ3n) is 2.36. The first-order valence-electron chi connectivity index (χ1n) is 5.50. The van der Waals surface area contributed by atoms with Gasteiger partial charge in [0, 0.05) is 4.47 Å². The molecule has 0 atom stereocenters. The summed E-state index contributed by atoms with van der Waals surface area (Å²) in [6.45, 7) is 4.14. The van der Waals surface area contributed by atoms with Crippen molar-refractivity contribution in [2.75, 3.05) is 0 Å². The Morgan fingerprint density at radius 3 is 2.32 bits per heavy atom. The highest BCUT2D eigenvalue weighted by Gasteiger charge is 2.12. The number of hydrogen-bond acceptors (Lipinski definition) is 4. The lowest BCUT2D eigenvalue weighted by molar-refractivity contribution is 0.432. The van der Waals surface area contributed by atoms with Crippen LogP contribution in [0.4, 0.5) is 0 Å². The Morgan fingerprint density at radius 2 is 1.74 bits per heavy atom. The predicted octanol–water partition coefficient (Wildman–Crippen LogP) is 4.86. The van der Waals surface area contributed by atoms with Gasteiger partial charge in [-0.1, -0.05) is 29.8 Å². The monoisotopic (exact) mass is 361 g/mol. The highest BCUT2D eigenvalue weighted by atomic mass is 79.9. The number of halogens is 3. The van der Waals surface area contributed by atoms with Gasteiger partial charge >= 0.3 is 6.01 Å². The molecule has 0 saturated carbocycles. The Bertz CT molecular complexity index is 587. The maximum absolute atomic E-state index is 5.71. The normalized spacial score (nSPS) is 10.8. The lowest BCUT2D eigenvalue weighted by Crippen LogP contribution is -1.99. The lowest BCUT2D eigenvalue weighted by Gasteiger charge is -2.13. The molecule has 0 bridgehead atoms. The van der Waals surface area contributed by atoms with E-state index in [4.69, 9.17) is 27.9 Å². The molecule has 0 N–H and O–H groups in total. The van der Waals surface area contributed by atoms with Gasteiger partial charge in [0.15, 0.2) is 0 Å². The maximum Gasteiger partial charge on any atom is 0.327 e. The van der Waals surface area contributed by atoms with E-state index < -0.39 is 0 Å². The SMILES string of the molecule is CC(C)c1cc(Br)ccc1Oc1nc(Cl)nc(Cl)n1. The van der Waals surface area contributed by atoms with Crippen molar-refractivity contribution in [3.8, 4) is 11.8 Å². The average Bonchev–Trinajstić information content (AvgIpc) is 2.30. The van der Waals surface area contributed by atoms with E-state index in [0.717, 1.165) is 10.0 Å². The molecule has 1 aromatic carbocycles. The molecule has 4 nitrogen and oxygen atoms in total. The molecule has 0 aliphatic rings.